The zero-order valence-electron chi connectivity index (χ0n) is 18.2. The Morgan fingerprint density at radius 3 is 2.85 bits per heavy atom. The molecule has 9 nitrogen and oxygen atoms in total. The van der Waals surface area contributed by atoms with Gasteiger partial charge in [-0.15, -0.1) is 0 Å². The van der Waals surface area contributed by atoms with Crippen LogP contribution in [0, 0.1) is 19.7 Å². The van der Waals surface area contributed by atoms with Gasteiger partial charge in [-0.1, -0.05) is 6.58 Å². The molecule has 0 spiro atoms. The number of hydrogen-bond acceptors (Lipinski definition) is 6. The minimum Gasteiger partial charge on any atom is -0.377 e. The number of halogens is 1. The van der Waals surface area contributed by atoms with Gasteiger partial charge in [0.15, 0.2) is 11.6 Å². The first-order valence-electron chi connectivity index (χ1n) is 10.4. The first-order valence-corrected chi connectivity index (χ1v) is 10.4. The van der Waals surface area contributed by atoms with Crippen molar-refractivity contribution in [1.82, 2.24) is 24.3 Å². The van der Waals surface area contributed by atoms with E-state index in [-0.39, 0.29) is 23.7 Å². The van der Waals surface area contributed by atoms with E-state index in [1.165, 1.54) is 6.08 Å². The largest absolute Gasteiger partial charge is 0.377 e. The van der Waals surface area contributed by atoms with Crippen LogP contribution in [0.1, 0.15) is 17.3 Å². The smallest absolute Gasteiger partial charge is 0.247 e. The molecular weight excluding hydrogens is 425 g/mol. The van der Waals surface area contributed by atoms with Crippen molar-refractivity contribution in [2.75, 3.05) is 23.8 Å². The molecule has 0 bridgehead atoms. The zero-order valence-corrected chi connectivity index (χ0v) is 18.2. The van der Waals surface area contributed by atoms with Gasteiger partial charge >= 0.3 is 0 Å². The number of amides is 1. The molecule has 1 amide bonds. The molecule has 0 unspecified atom stereocenters. The Morgan fingerprint density at radius 1 is 1.30 bits per heavy atom. The third-order valence-corrected chi connectivity index (χ3v) is 5.67. The number of rotatable bonds is 6. The van der Waals surface area contributed by atoms with E-state index in [4.69, 9.17) is 4.74 Å². The van der Waals surface area contributed by atoms with Gasteiger partial charge in [-0.2, -0.15) is 10.1 Å². The third kappa shape index (κ3) is 3.74. The first kappa shape index (κ1) is 20.8. The number of fused-ring (bicyclic) bond motifs is 1. The summed E-state index contributed by atoms with van der Waals surface area (Å²) in [6.45, 7) is 8.60. The molecule has 0 aliphatic carbocycles. The summed E-state index contributed by atoms with van der Waals surface area (Å²) >= 11 is 0. The molecule has 168 valence electrons. The lowest BCUT2D eigenvalue weighted by Crippen LogP contribution is -2.32. The fourth-order valence-electron chi connectivity index (χ4n) is 3.83. The van der Waals surface area contributed by atoms with Gasteiger partial charge in [0.2, 0.25) is 11.9 Å². The summed E-state index contributed by atoms with van der Waals surface area (Å²) in [5.41, 5.74) is 3.96. The van der Waals surface area contributed by atoms with Crippen molar-refractivity contribution in [2.24, 2.45) is 0 Å². The van der Waals surface area contributed by atoms with Gasteiger partial charge < -0.3 is 15.4 Å². The summed E-state index contributed by atoms with van der Waals surface area (Å²) < 4.78 is 23.6. The number of carbonyl (C=O) groups excluding carboxylic acids is 1. The highest BCUT2D eigenvalue weighted by molar-refractivity contribution is 6.00. The van der Waals surface area contributed by atoms with Gasteiger partial charge in [0.1, 0.15) is 0 Å². The van der Waals surface area contributed by atoms with Crippen LogP contribution in [0.25, 0.3) is 16.7 Å². The molecule has 5 rings (SSSR count). The van der Waals surface area contributed by atoms with Crippen molar-refractivity contribution in [3.05, 3.63) is 66.5 Å². The standard InChI is InChI=1S/C23H22FN7O2/c1-4-21(32)27-15-5-6-20-17(7-15)13(2)10-30(20)22-18(24)8-25-23(29-22)28-19-9-26-31(14(19)3)16-11-33-12-16/h4-10,16H,1,11-12H2,2-3H3,(H,27,32)(H,25,28,29). The lowest BCUT2D eigenvalue weighted by molar-refractivity contribution is -0.111. The average Bonchev–Trinajstić information content (AvgIpc) is 3.28. The van der Waals surface area contributed by atoms with E-state index in [1.54, 1.807) is 23.0 Å². The van der Waals surface area contributed by atoms with Crippen LogP contribution in [-0.4, -0.2) is 43.4 Å². The molecule has 0 saturated carbocycles. The van der Waals surface area contributed by atoms with Crippen LogP contribution in [0.5, 0.6) is 0 Å². The molecule has 1 aliphatic heterocycles. The molecule has 4 aromatic rings. The van der Waals surface area contributed by atoms with E-state index < -0.39 is 5.82 Å². The van der Waals surface area contributed by atoms with Crippen LogP contribution in [0.2, 0.25) is 0 Å². The molecule has 33 heavy (non-hydrogen) atoms. The number of nitrogens with one attached hydrogen (secondary N) is 2. The second-order valence-electron chi connectivity index (χ2n) is 7.88. The number of aryl methyl sites for hydroxylation is 1. The summed E-state index contributed by atoms with van der Waals surface area (Å²) in [7, 11) is 0. The Hall–Kier alpha value is -4.05. The van der Waals surface area contributed by atoms with Crippen LogP contribution in [0.4, 0.5) is 21.7 Å². The highest BCUT2D eigenvalue weighted by atomic mass is 19.1. The van der Waals surface area contributed by atoms with E-state index in [0.717, 1.165) is 34.0 Å². The van der Waals surface area contributed by atoms with Gasteiger partial charge in [0.05, 0.1) is 48.5 Å². The predicted octanol–water partition coefficient (Wildman–Crippen LogP) is 3.81. The molecular formula is C23H22FN7O2. The van der Waals surface area contributed by atoms with Crippen LogP contribution in [0.15, 0.2) is 49.4 Å². The third-order valence-electron chi connectivity index (χ3n) is 5.67. The number of carbonyl (C=O) groups is 1. The lowest BCUT2D eigenvalue weighted by Gasteiger charge is -2.27. The maximum atomic E-state index is 14.8. The zero-order chi connectivity index (χ0) is 23.1. The Labute approximate surface area is 188 Å². The van der Waals surface area contributed by atoms with Crippen molar-refractivity contribution in [3.63, 3.8) is 0 Å². The van der Waals surface area contributed by atoms with Crippen molar-refractivity contribution >= 4 is 34.1 Å². The number of anilines is 3. The Morgan fingerprint density at radius 2 is 2.12 bits per heavy atom. The monoisotopic (exact) mass is 447 g/mol. The van der Waals surface area contributed by atoms with Crippen LogP contribution >= 0.6 is 0 Å². The van der Waals surface area contributed by atoms with E-state index in [9.17, 15) is 9.18 Å². The van der Waals surface area contributed by atoms with Crippen LogP contribution < -0.4 is 10.6 Å². The van der Waals surface area contributed by atoms with Crippen molar-refractivity contribution < 1.29 is 13.9 Å². The van der Waals surface area contributed by atoms with Crippen LogP contribution in [-0.2, 0) is 9.53 Å². The maximum absolute atomic E-state index is 14.8. The normalized spacial score (nSPS) is 13.7. The molecule has 3 aromatic heterocycles. The molecule has 2 N–H and O–H groups in total. The van der Waals surface area contributed by atoms with Gasteiger partial charge in [0, 0.05) is 17.3 Å². The van der Waals surface area contributed by atoms with E-state index in [0.29, 0.717) is 18.9 Å². The number of nitrogens with zero attached hydrogens (tertiary/aromatic N) is 5. The summed E-state index contributed by atoms with van der Waals surface area (Å²) in [6.07, 6.45) is 5.86. The van der Waals surface area contributed by atoms with Gasteiger partial charge in [-0.05, 0) is 43.7 Å². The molecule has 1 aromatic carbocycles. The number of aromatic nitrogens is 5. The lowest BCUT2D eigenvalue weighted by atomic mass is 10.2. The molecule has 0 atom stereocenters. The highest BCUT2D eigenvalue weighted by Gasteiger charge is 2.24. The minimum absolute atomic E-state index is 0.117. The molecule has 1 fully saturated rings. The topological polar surface area (TPSA) is 98.9 Å². The number of benzene rings is 1. The second-order valence-corrected chi connectivity index (χ2v) is 7.88. The Kier molecular flexibility index (Phi) is 5.14. The summed E-state index contributed by atoms with van der Waals surface area (Å²) in [5, 5.41) is 11.2. The van der Waals surface area contributed by atoms with Crippen LogP contribution in [0.3, 0.4) is 0 Å². The van der Waals surface area contributed by atoms with Gasteiger partial charge in [-0.25, -0.2) is 9.37 Å². The fourth-order valence-corrected chi connectivity index (χ4v) is 3.83. The quantitative estimate of drug-likeness (QED) is 0.436. The Bertz CT molecular complexity index is 1390. The highest BCUT2D eigenvalue weighted by Crippen LogP contribution is 2.29. The van der Waals surface area contributed by atoms with Gasteiger partial charge in [0.25, 0.3) is 0 Å². The molecule has 10 heteroatoms. The van der Waals surface area contributed by atoms with E-state index >= 15 is 0 Å². The fraction of sp³-hybridized carbons (Fsp3) is 0.217. The maximum Gasteiger partial charge on any atom is 0.247 e. The van der Waals surface area contributed by atoms with E-state index in [2.05, 4.69) is 32.3 Å². The SMILES string of the molecule is C=CC(=O)Nc1ccc2c(c1)c(C)cn2-c1nc(Nc2cnn(C3COC3)c2C)ncc1F. The second kappa shape index (κ2) is 8.14. The van der Waals surface area contributed by atoms with Gasteiger partial charge in [-0.3, -0.25) is 14.0 Å². The average molecular weight is 447 g/mol. The number of ether oxygens (including phenoxy) is 1. The van der Waals surface area contributed by atoms with Crippen molar-refractivity contribution in [1.29, 1.82) is 0 Å². The summed E-state index contributed by atoms with van der Waals surface area (Å²) in [6, 6.07) is 5.62. The van der Waals surface area contributed by atoms with Crippen molar-refractivity contribution in [2.45, 2.75) is 19.9 Å². The van der Waals surface area contributed by atoms with E-state index in [1.807, 2.05) is 30.7 Å². The molecule has 4 heterocycles. The predicted molar refractivity (Wildman–Crippen MR) is 122 cm³/mol. The number of hydrogen-bond donors (Lipinski definition) is 2. The molecule has 1 aliphatic rings. The minimum atomic E-state index is -0.555. The molecule has 1 saturated heterocycles. The summed E-state index contributed by atoms with van der Waals surface area (Å²) in [4.78, 5) is 20.2. The van der Waals surface area contributed by atoms with Crippen molar-refractivity contribution in [3.8, 4) is 5.82 Å². The first-order chi connectivity index (χ1) is 15.9. The Balaban J connectivity index is 1.48. The summed E-state index contributed by atoms with van der Waals surface area (Å²) in [5.74, 6) is -0.479. The molecule has 0 radical (unpaired) electrons.